The number of amides is 1. The molecule has 0 spiro atoms. The molecule has 0 aliphatic rings. The van der Waals surface area contributed by atoms with Crippen LogP contribution in [0.4, 0.5) is 5.69 Å². The van der Waals surface area contributed by atoms with Gasteiger partial charge in [0.05, 0.1) is 12.0 Å². The Kier molecular flexibility index (Phi) is 6.34. The van der Waals surface area contributed by atoms with Crippen LogP contribution >= 0.6 is 23.2 Å². The first-order valence-corrected chi connectivity index (χ1v) is 9.11. The molecule has 2 aromatic rings. The van der Waals surface area contributed by atoms with Crippen molar-refractivity contribution in [3.05, 3.63) is 63.1 Å². The third kappa shape index (κ3) is 5.24. The standard InChI is InChI=1S/C21H22Cl2N2O/c1-13-9-16(17(12-24)14-5-7-15(22)8-6-14)18(23)10-19(13)25-20(26)11-21(2,3)4/h5-10,17H,11H2,1-4H3,(H,25,26)/t17-/m0/s1. The third-order valence-electron chi connectivity index (χ3n) is 3.95. The van der Waals surface area contributed by atoms with Crippen LogP contribution in [0.15, 0.2) is 36.4 Å². The predicted octanol–water partition coefficient (Wildman–Crippen LogP) is 6.33. The molecule has 2 aromatic carbocycles. The molecule has 0 heterocycles. The summed E-state index contributed by atoms with van der Waals surface area (Å²) < 4.78 is 0. The lowest BCUT2D eigenvalue weighted by Gasteiger charge is -2.19. The number of aryl methyl sites for hydroxylation is 1. The number of anilines is 1. The molecule has 0 aliphatic carbocycles. The molecule has 2 rings (SSSR count). The van der Waals surface area contributed by atoms with E-state index in [1.54, 1.807) is 18.2 Å². The van der Waals surface area contributed by atoms with Crippen molar-refractivity contribution in [1.29, 1.82) is 5.26 Å². The van der Waals surface area contributed by atoms with Crippen molar-refractivity contribution in [3.8, 4) is 6.07 Å². The smallest absolute Gasteiger partial charge is 0.224 e. The molecule has 0 unspecified atom stereocenters. The Morgan fingerprint density at radius 3 is 2.35 bits per heavy atom. The normalized spacial score (nSPS) is 12.3. The van der Waals surface area contributed by atoms with Gasteiger partial charge in [-0.15, -0.1) is 0 Å². The van der Waals surface area contributed by atoms with E-state index in [2.05, 4.69) is 11.4 Å². The van der Waals surface area contributed by atoms with Crippen molar-refractivity contribution in [2.45, 2.75) is 40.0 Å². The lowest BCUT2D eigenvalue weighted by atomic mass is 9.90. The first-order valence-electron chi connectivity index (χ1n) is 8.35. The summed E-state index contributed by atoms with van der Waals surface area (Å²) in [5.41, 5.74) is 2.97. The molecule has 3 nitrogen and oxygen atoms in total. The minimum atomic E-state index is -0.502. The average molecular weight is 389 g/mol. The number of halogens is 2. The van der Waals surface area contributed by atoms with Crippen molar-refractivity contribution in [2.24, 2.45) is 5.41 Å². The van der Waals surface area contributed by atoms with Crippen molar-refractivity contribution >= 4 is 34.8 Å². The number of rotatable bonds is 4. The van der Waals surface area contributed by atoms with E-state index in [0.717, 1.165) is 11.1 Å². The zero-order chi connectivity index (χ0) is 19.5. The van der Waals surface area contributed by atoms with Gasteiger partial charge in [-0.05, 0) is 47.2 Å². The fourth-order valence-electron chi connectivity index (χ4n) is 2.71. The van der Waals surface area contributed by atoms with Gasteiger partial charge >= 0.3 is 0 Å². The van der Waals surface area contributed by atoms with Gasteiger partial charge in [0.15, 0.2) is 0 Å². The van der Waals surface area contributed by atoms with E-state index in [-0.39, 0.29) is 11.3 Å². The zero-order valence-corrected chi connectivity index (χ0v) is 16.9. The van der Waals surface area contributed by atoms with Crippen LogP contribution in [0.3, 0.4) is 0 Å². The molecule has 0 saturated heterocycles. The van der Waals surface area contributed by atoms with Crippen LogP contribution in [0.1, 0.15) is 49.8 Å². The van der Waals surface area contributed by atoms with Gasteiger partial charge in [-0.3, -0.25) is 4.79 Å². The summed E-state index contributed by atoms with van der Waals surface area (Å²) in [6, 6.07) is 13.0. The Balaban J connectivity index is 2.32. The molecule has 5 heteroatoms. The predicted molar refractivity (Wildman–Crippen MR) is 108 cm³/mol. The Hall–Kier alpha value is -2.02. The molecule has 1 amide bonds. The van der Waals surface area contributed by atoms with Crippen LogP contribution in [0.25, 0.3) is 0 Å². The summed E-state index contributed by atoms with van der Waals surface area (Å²) in [6.45, 7) is 7.93. The Bertz CT molecular complexity index is 846. The molecule has 0 bridgehead atoms. The zero-order valence-electron chi connectivity index (χ0n) is 15.4. The number of carbonyl (C=O) groups excluding carboxylic acids is 1. The highest BCUT2D eigenvalue weighted by atomic mass is 35.5. The van der Waals surface area contributed by atoms with Crippen LogP contribution < -0.4 is 5.32 Å². The topological polar surface area (TPSA) is 52.9 Å². The second-order valence-corrected chi connectivity index (χ2v) is 8.43. The van der Waals surface area contributed by atoms with Crippen molar-refractivity contribution < 1.29 is 4.79 Å². The number of nitrogens with zero attached hydrogens (tertiary/aromatic N) is 1. The van der Waals surface area contributed by atoms with Crippen molar-refractivity contribution in [1.82, 2.24) is 0 Å². The SMILES string of the molecule is Cc1cc([C@@H](C#N)c2ccc(Cl)cc2)c(Cl)cc1NC(=O)CC(C)(C)C. The fraction of sp³-hybridized carbons (Fsp3) is 0.333. The summed E-state index contributed by atoms with van der Waals surface area (Å²) in [5, 5.41) is 13.6. The van der Waals surface area contributed by atoms with Gasteiger partial charge < -0.3 is 5.32 Å². The van der Waals surface area contributed by atoms with Gasteiger partial charge in [0.1, 0.15) is 0 Å². The van der Waals surface area contributed by atoms with Crippen LogP contribution in [0, 0.1) is 23.7 Å². The number of carbonyl (C=O) groups is 1. The number of benzene rings is 2. The Morgan fingerprint density at radius 1 is 1.19 bits per heavy atom. The highest BCUT2D eigenvalue weighted by Crippen LogP contribution is 2.34. The lowest BCUT2D eigenvalue weighted by molar-refractivity contribution is -0.117. The lowest BCUT2D eigenvalue weighted by Crippen LogP contribution is -2.20. The van der Waals surface area contributed by atoms with Gasteiger partial charge in [0, 0.05) is 22.2 Å². The van der Waals surface area contributed by atoms with E-state index in [1.165, 1.54) is 0 Å². The number of nitriles is 1. The summed E-state index contributed by atoms with van der Waals surface area (Å²) in [5.74, 6) is -0.559. The largest absolute Gasteiger partial charge is 0.326 e. The molecule has 0 fully saturated rings. The van der Waals surface area contributed by atoms with Gasteiger partial charge in [-0.25, -0.2) is 0 Å². The highest BCUT2D eigenvalue weighted by molar-refractivity contribution is 6.32. The average Bonchev–Trinajstić information content (AvgIpc) is 2.52. The molecule has 136 valence electrons. The van der Waals surface area contributed by atoms with Crippen molar-refractivity contribution in [2.75, 3.05) is 5.32 Å². The van der Waals surface area contributed by atoms with Crippen LogP contribution in [-0.4, -0.2) is 5.91 Å². The molecule has 0 aliphatic heterocycles. The monoisotopic (exact) mass is 388 g/mol. The van der Waals surface area contributed by atoms with Gasteiger partial charge in [0.25, 0.3) is 0 Å². The molecule has 1 atom stereocenters. The van der Waals surface area contributed by atoms with E-state index in [9.17, 15) is 10.1 Å². The van der Waals surface area contributed by atoms with Gasteiger partial charge in [-0.2, -0.15) is 5.26 Å². The summed E-state index contributed by atoms with van der Waals surface area (Å²) in [7, 11) is 0. The Labute approximate surface area is 164 Å². The van der Waals surface area contributed by atoms with Gasteiger partial charge in [0.2, 0.25) is 5.91 Å². The molecule has 0 aromatic heterocycles. The number of nitrogens with one attached hydrogen (secondary N) is 1. The second-order valence-electron chi connectivity index (χ2n) is 7.59. The second kappa shape index (κ2) is 8.12. The van der Waals surface area contributed by atoms with E-state index in [4.69, 9.17) is 23.2 Å². The third-order valence-corrected chi connectivity index (χ3v) is 4.53. The molecule has 0 saturated carbocycles. The van der Waals surface area contributed by atoms with Crippen LogP contribution in [0.2, 0.25) is 10.0 Å². The van der Waals surface area contributed by atoms with E-state index in [0.29, 0.717) is 27.7 Å². The van der Waals surface area contributed by atoms with E-state index >= 15 is 0 Å². The summed E-state index contributed by atoms with van der Waals surface area (Å²) in [4.78, 5) is 12.2. The minimum absolute atomic E-state index is 0.0565. The number of hydrogen-bond donors (Lipinski definition) is 1. The highest BCUT2D eigenvalue weighted by Gasteiger charge is 2.20. The fourth-order valence-corrected chi connectivity index (χ4v) is 3.11. The first kappa shape index (κ1) is 20.3. The Morgan fingerprint density at radius 2 is 1.81 bits per heavy atom. The molecule has 0 radical (unpaired) electrons. The van der Waals surface area contributed by atoms with Gasteiger partial charge in [-0.1, -0.05) is 62.2 Å². The quantitative estimate of drug-likeness (QED) is 0.664. The molecule has 26 heavy (non-hydrogen) atoms. The van der Waals surface area contributed by atoms with Crippen LogP contribution in [-0.2, 0) is 4.79 Å². The van der Waals surface area contributed by atoms with E-state index in [1.807, 2.05) is 45.9 Å². The maximum absolute atomic E-state index is 12.2. The molecular formula is C21H22Cl2N2O. The van der Waals surface area contributed by atoms with E-state index < -0.39 is 5.92 Å². The summed E-state index contributed by atoms with van der Waals surface area (Å²) >= 11 is 12.4. The maximum atomic E-state index is 12.2. The molecule has 1 N–H and O–H groups in total. The number of hydrogen-bond acceptors (Lipinski definition) is 2. The maximum Gasteiger partial charge on any atom is 0.224 e. The minimum Gasteiger partial charge on any atom is -0.326 e. The van der Waals surface area contributed by atoms with Crippen LogP contribution in [0.5, 0.6) is 0 Å². The van der Waals surface area contributed by atoms with Crippen molar-refractivity contribution in [3.63, 3.8) is 0 Å². The first-order chi connectivity index (χ1) is 12.1. The molecular weight excluding hydrogens is 367 g/mol. The summed E-state index contributed by atoms with van der Waals surface area (Å²) in [6.07, 6.45) is 0.414.